The van der Waals surface area contributed by atoms with Gasteiger partial charge in [0.05, 0.1) is 0 Å². The molecule has 3 nitrogen and oxygen atoms in total. The first kappa shape index (κ1) is 11.1. The standard InChI is InChI=1S/C11H19N3/c1-10-11(5-4-6-13-10)9-14(3)8-7-12-2/h4-6,12H,7-9H2,1-3H3. The molecule has 1 aromatic heterocycles. The molecular weight excluding hydrogens is 174 g/mol. The van der Waals surface area contributed by atoms with Crippen molar-refractivity contribution in [1.82, 2.24) is 15.2 Å². The number of aryl methyl sites for hydroxylation is 1. The van der Waals surface area contributed by atoms with Crippen LogP contribution in [0.25, 0.3) is 0 Å². The van der Waals surface area contributed by atoms with Crippen LogP contribution in [0.4, 0.5) is 0 Å². The summed E-state index contributed by atoms with van der Waals surface area (Å²) >= 11 is 0. The summed E-state index contributed by atoms with van der Waals surface area (Å²) in [6, 6.07) is 4.13. The van der Waals surface area contributed by atoms with Crippen LogP contribution < -0.4 is 5.32 Å². The molecule has 1 aromatic rings. The van der Waals surface area contributed by atoms with Crippen LogP contribution in [-0.4, -0.2) is 37.1 Å². The van der Waals surface area contributed by atoms with Crippen LogP contribution in [-0.2, 0) is 6.54 Å². The van der Waals surface area contributed by atoms with Crippen LogP contribution in [0.1, 0.15) is 11.3 Å². The van der Waals surface area contributed by atoms with Crippen molar-refractivity contribution in [2.24, 2.45) is 0 Å². The predicted molar refractivity (Wildman–Crippen MR) is 59.2 cm³/mol. The van der Waals surface area contributed by atoms with E-state index < -0.39 is 0 Å². The van der Waals surface area contributed by atoms with Gasteiger partial charge in [0.2, 0.25) is 0 Å². The van der Waals surface area contributed by atoms with Gasteiger partial charge in [0.15, 0.2) is 0 Å². The van der Waals surface area contributed by atoms with Crippen LogP contribution >= 0.6 is 0 Å². The molecule has 78 valence electrons. The van der Waals surface area contributed by atoms with Crippen molar-refractivity contribution in [3.8, 4) is 0 Å². The fourth-order valence-electron chi connectivity index (χ4n) is 1.36. The van der Waals surface area contributed by atoms with E-state index in [1.54, 1.807) is 0 Å². The minimum absolute atomic E-state index is 0.974. The van der Waals surface area contributed by atoms with Gasteiger partial charge in [-0.2, -0.15) is 0 Å². The Morgan fingerprint density at radius 2 is 2.29 bits per heavy atom. The summed E-state index contributed by atoms with van der Waals surface area (Å²) < 4.78 is 0. The van der Waals surface area contributed by atoms with Gasteiger partial charge in [0, 0.05) is 31.5 Å². The zero-order chi connectivity index (χ0) is 10.4. The number of rotatable bonds is 5. The highest BCUT2D eigenvalue weighted by Gasteiger charge is 2.02. The molecule has 14 heavy (non-hydrogen) atoms. The van der Waals surface area contributed by atoms with E-state index in [2.05, 4.69) is 35.2 Å². The summed E-state index contributed by atoms with van der Waals surface area (Å²) in [5.74, 6) is 0. The van der Waals surface area contributed by atoms with E-state index in [0.717, 1.165) is 25.3 Å². The smallest absolute Gasteiger partial charge is 0.0417 e. The van der Waals surface area contributed by atoms with E-state index in [9.17, 15) is 0 Å². The Balaban J connectivity index is 2.47. The van der Waals surface area contributed by atoms with Crippen LogP contribution in [0.3, 0.4) is 0 Å². The molecule has 1 N–H and O–H groups in total. The van der Waals surface area contributed by atoms with E-state index in [0.29, 0.717) is 0 Å². The number of hydrogen-bond acceptors (Lipinski definition) is 3. The molecule has 0 aromatic carbocycles. The van der Waals surface area contributed by atoms with E-state index in [1.165, 1.54) is 5.56 Å². The number of pyridine rings is 1. The Morgan fingerprint density at radius 3 is 2.93 bits per heavy atom. The Morgan fingerprint density at radius 1 is 1.50 bits per heavy atom. The van der Waals surface area contributed by atoms with Gasteiger partial charge in [0.1, 0.15) is 0 Å². The average Bonchev–Trinajstić information content (AvgIpc) is 2.18. The van der Waals surface area contributed by atoms with Gasteiger partial charge < -0.3 is 10.2 Å². The normalized spacial score (nSPS) is 10.9. The minimum Gasteiger partial charge on any atom is -0.318 e. The highest BCUT2D eigenvalue weighted by molar-refractivity contribution is 5.17. The number of likely N-dealkylation sites (N-methyl/N-ethyl adjacent to an activating group) is 2. The molecule has 0 aliphatic heterocycles. The van der Waals surface area contributed by atoms with Crippen molar-refractivity contribution in [3.63, 3.8) is 0 Å². The predicted octanol–water partition coefficient (Wildman–Crippen LogP) is 1.04. The number of nitrogens with one attached hydrogen (secondary N) is 1. The Hall–Kier alpha value is -0.930. The maximum Gasteiger partial charge on any atom is 0.0417 e. The van der Waals surface area contributed by atoms with Crippen LogP contribution in [0.5, 0.6) is 0 Å². The van der Waals surface area contributed by atoms with Crippen molar-refractivity contribution >= 4 is 0 Å². The molecule has 0 saturated heterocycles. The fourth-order valence-corrected chi connectivity index (χ4v) is 1.36. The molecule has 0 aliphatic carbocycles. The largest absolute Gasteiger partial charge is 0.318 e. The summed E-state index contributed by atoms with van der Waals surface area (Å²) in [6.45, 7) is 5.11. The van der Waals surface area contributed by atoms with Gasteiger partial charge in [-0.15, -0.1) is 0 Å². The maximum absolute atomic E-state index is 4.27. The van der Waals surface area contributed by atoms with Crippen molar-refractivity contribution < 1.29 is 0 Å². The quantitative estimate of drug-likeness (QED) is 0.757. The van der Waals surface area contributed by atoms with Gasteiger partial charge in [-0.3, -0.25) is 4.98 Å². The molecule has 0 bridgehead atoms. The Kier molecular flexibility index (Phi) is 4.56. The molecule has 0 amide bonds. The third-order valence-corrected chi connectivity index (χ3v) is 2.30. The molecule has 0 fully saturated rings. The molecule has 0 unspecified atom stereocenters. The first-order valence-corrected chi connectivity index (χ1v) is 4.97. The van der Waals surface area contributed by atoms with Gasteiger partial charge in [-0.1, -0.05) is 6.07 Å². The Bertz CT molecular complexity index is 273. The van der Waals surface area contributed by atoms with Crippen molar-refractivity contribution in [2.45, 2.75) is 13.5 Å². The highest BCUT2D eigenvalue weighted by Crippen LogP contribution is 2.05. The van der Waals surface area contributed by atoms with E-state index in [-0.39, 0.29) is 0 Å². The van der Waals surface area contributed by atoms with Gasteiger partial charge in [0.25, 0.3) is 0 Å². The third-order valence-electron chi connectivity index (χ3n) is 2.30. The summed E-state index contributed by atoms with van der Waals surface area (Å²) in [6.07, 6.45) is 1.84. The zero-order valence-corrected chi connectivity index (χ0v) is 9.25. The van der Waals surface area contributed by atoms with Gasteiger partial charge in [-0.05, 0) is 32.6 Å². The lowest BCUT2D eigenvalue weighted by atomic mass is 10.2. The molecular formula is C11H19N3. The Labute approximate surface area is 86.2 Å². The molecule has 0 atom stereocenters. The third kappa shape index (κ3) is 3.44. The van der Waals surface area contributed by atoms with E-state index in [4.69, 9.17) is 0 Å². The van der Waals surface area contributed by atoms with Gasteiger partial charge >= 0.3 is 0 Å². The minimum atomic E-state index is 0.974. The second-order valence-electron chi connectivity index (χ2n) is 3.59. The number of hydrogen-bond donors (Lipinski definition) is 1. The zero-order valence-electron chi connectivity index (χ0n) is 9.25. The second-order valence-corrected chi connectivity index (χ2v) is 3.59. The molecule has 0 saturated carbocycles. The summed E-state index contributed by atoms with van der Waals surface area (Å²) in [5.41, 5.74) is 2.44. The van der Waals surface area contributed by atoms with Crippen LogP contribution in [0, 0.1) is 6.92 Å². The average molecular weight is 193 g/mol. The number of aromatic nitrogens is 1. The summed E-state index contributed by atoms with van der Waals surface area (Å²) in [7, 11) is 4.10. The fraction of sp³-hybridized carbons (Fsp3) is 0.545. The highest BCUT2D eigenvalue weighted by atomic mass is 15.1. The lowest BCUT2D eigenvalue weighted by molar-refractivity contribution is 0.327. The van der Waals surface area contributed by atoms with Crippen molar-refractivity contribution in [2.75, 3.05) is 27.2 Å². The van der Waals surface area contributed by atoms with Crippen molar-refractivity contribution in [1.29, 1.82) is 0 Å². The lowest BCUT2D eigenvalue weighted by Gasteiger charge is -2.17. The van der Waals surface area contributed by atoms with E-state index in [1.807, 2.05) is 19.3 Å². The summed E-state index contributed by atoms with van der Waals surface area (Å²) in [4.78, 5) is 6.56. The lowest BCUT2D eigenvalue weighted by Crippen LogP contribution is -2.27. The van der Waals surface area contributed by atoms with Crippen LogP contribution in [0.15, 0.2) is 18.3 Å². The van der Waals surface area contributed by atoms with E-state index >= 15 is 0 Å². The SMILES string of the molecule is CNCCN(C)Cc1cccnc1C. The summed E-state index contributed by atoms with van der Waals surface area (Å²) in [5, 5.41) is 3.14. The van der Waals surface area contributed by atoms with Crippen LogP contribution in [0.2, 0.25) is 0 Å². The molecule has 3 heteroatoms. The number of nitrogens with zero attached hydrogens (tertiary/aromatic N) is 2. The first-order valence-electron chi connectivity index (χ1n) is 4.97. The van der Waals surface area contributed by atoms with Gasteiger partial charge in [-0.25, -0.2) is 0 Å². The topological polar surface area (TPSA) is 28.2 Å². The van der Waals surface area contributed by atoms with Crippen molar-refractivity contribution in [3.05, 3.63) is 29.6 Å². The molecule has 1 heterocycles. The maximum atomic E-state index is 4.27. The monoisotopic (exact) mass is 193 g/mol. The first-order chi connectivity index (χ1) is 6.74. The molecule has 0 aliphatic rings. The molecule has 0 radical (unpaired) electrons. The second kappa shape index (κ2) is 5.73. The molecule has 0 spiro atoms. The molecule has 1 rings (SSSR count).